The molecule has 0 aromatic carbocycles. The van der Waals surface area contributed by atoms with Crippen LogP contribution in [0.15, 0.2) is 18.5 Å². The van der Waals surface area contributed by atoms with E-state index in [1.165, 1.54) is 0 Å². The molecule has 0 N–H and O–H groups in total. The van der Waals surface area contributed by atoms with Gasteiger partial charge in [0, 0.05) is 31.4 Å². The Morgan fingerprint density at radius 1 is 1.47 bits per heavy atom. The summed E-state index contributed by atoms with van der Waals surface area (Å²) in [5, 5.41) is 4.16. The number of aldehydes is 1. The standard InChI is InChI=1S/C11H17N3O/c15-10-11-3-1-5-13(9-11)7-8-14-6-2-4-12-14/h2,4,6,10-11H,1,3,5,7-9H2. The highest BCUT2D eigenvalue weighted by Gasteiger charge is 2.18. The van der Waals surface area contributed by atoms with Crippen LogP contribution in [0.5, 0.6) is 0 Å². The third kappa shape index (κ3) is 2.89. The molecule has 1 aromatic heterocycles. The summed E-state index contributed by atoms with van der Waals surface area (Å²) in [5.41, 5.74) is 0. The summed E-state index contributed by atoms with van der Waals surface area (Å²) in [6.45, 7) is 3.95. The molecule has 1 atom stereocenters. The number of piperidine rings is 1. The second-order valence-corrected chi connectivity index (χ2v) is 4.11. The molecular weight excluding hydrogens is 190 g/mol. The number of hydrogen-bond acceptors (Lipinski definition) is 3. The Balaban J connectivity index is 1.77. The number of carbonyl (C=O) groups is 1. The van der Waals surface area contributed by atoms with Gasteiger partial charge in [0.05, 0.1) is 6.54 Å². The van der Waals surface area contributed by atoms with Crippen molar-refractivity contribution in [3.63, 3.8) is 0 Å². The molecule has 2 heterocycles. The van der Waals surface area contributed by atoms with Crippen LogP contribution in [-0.4, -0.2) is 40.6 Å². The maximum absolute atomic E-state index is 10.7. The van der Waals surface area contributed by atoms with Gasteiger partial charge >= 0.3 is 0 Å². The Kier molecular flexibility index (Phi) is 3.50. The van der Waals surface area contributed by atoms with E-state index < -0.39 is 0 Å². The lowest BCUT2D eigenvalue weighted by Crippen LogP contribution is -2.37. The lowest BCUT2D eigenvalue weighted by Gasteiger charge is -2.29. The van der Waals surface area contributed by atoms with Crippen LogP contribution < -0.4 is 0 Å². The van der Waals surface area contributed by atoms with Gasteiger partial charge in [0.2, 0.25) is 0 Å². The van der Waals surface area contributed by atoms with Gasteiger partial charge in [0.15, 0.2) is 0 Å². The van der Waals surface area contributed by atoms with Crippen LogP contribution in [0.1, 0.15) is 12.8 Å². The first kappa shape index (κ1) is 10.4. The monoisotopic (exact) mass is 207 g/mol. The second kappa shape index (κ2) is 5.07. The van der Waals surface area contributed by atoms with E-state index in [1.807, 2.05) is 16.9 Å². The van der Waals surface area contributed by atoms with Crippen molar-refractivity contribution in [3.8, 4) is 0 Å². The smallest absolute Gasteiger partial charge is 0.124 e. The Labute approximate surface area is 89.9 Å². The first-order valence-corrected chi connectivity index (χ1v) is 5.53. The molecule has 1 fully saturated rings. The van der Waals surface area contributed by atoms with Gasteiger partial charge in [-0.2, -0.15) is 5.10 Å². The van der Waals surface area contributed by atoms with Crippen LogP contribution in [0.25, 0.3) is 0 Å². The van der Waals surface area contributed by atoms with Gasteiger partial charge < -0.3 is 9.69 Å². The molecule has 15 heavy (non-hydrogen) atoms. The summed E-state index contributed by atoms with van der Waals surface area (Å²) in [6, 6.07) is 1.93. The summed E-state index contributed by atoms with van der Waals surface area (Å²) >= 11 is 0. The fourth-order valence-corrected chi connectivity index (χ4v) is 2.08. The highest BCUT2D eigenvalue weighted by molar-refractivity contribution is 5.53. The van der Waals surface area contributed by atoms with E-state index in [0.29, 0.717) is 0 Å². The number of carbonyl (C=O) groups excluding carboxylic acids is 1. The fourth-order valence-electron chi connectivity index (χ4n) is 2.08. The first-order chi connectivity index (χ1) is 7.38. The molecule has 82 valence electrons. The SMILES string of the molecule is O=CC1CCCN(CCn2cccn2)C1. The molecule has 1 aromatic rings. The zero-order valence-corrected chi connectivity index (χ0v) is 8.88. The Morgan fingerprint density at radius 3 is 3.13 bits per heavy atom. The number of aromatic nitrogens is 2. The molecule has 4 nitrogen and oxygen atoms in total. The highest BCUT2D eigenvalue weighted by Crippen LogP contribution is 2.13. The molecule has 1 unspecified atom stereocenters. The van der Waals surface area contributed by atoms with Crippen molar-refractivity contribution in [3.05, 3.63) is 18.5 Å². The normalized spacial score (nSPS) is 22.8. The van der Waals surface area contributed by atoms with Gasteiger partial charge in [0.1, 0.15) is 6.29 Å². The third-order valence-corrected chi connectivity index (χ3v) is 2.94. The topological polar surface area (TPSA) is 38.1 Å². The molecule has 0 bridgehead atoms. The van der Waals surface area contributed by atoms with Crippen LogP contribution in [0.3, 0.4) is 0 Å². The number of hydrogen-bond donors (Lipinski definition) is 0. The first-order valence-electron chi connectivity index (χ1n) is 5.53. The van der Waals surface area contributed by atoms with E-state index in [4.69, 9.17) is 0 Å². The zero-order chi connectivity index (χ0) is 10.5. The summed E-state index contributed by atoms with van der Waals surface area (Å²) in [5.74, 6) is 0.247. The fraction of sp³-hybridized carbons (Fsp3) is 0.636. The maximum atomic E-state index is 10.7. The summed E-state index contributed by atoms with van der Waals surface area (Å²) in [6.07, 6.45) is 7.07. The predicted molar refractivity (Wildman–Crippen MR) is 57.5 cm³/mol. The zero-order valence-electron chi connectivity index (χ0n) is 8.88. The predicted octanol–water partition coefficient (Wildman–Crippen LogP) is 0.794. The van der Waals surface area contributed by atoms with Gasteiger partial charge in [-0.05, 0) is 25.5 Å². The van der Waals surface area contributed by atoms with Crippen LogP contribution >= 0.6 is 0 Å². The number of likely N-dealkylation sites (tertiary alicyclic amines) is 1. The minimum atomic E-state index is 0.247. The minimum Gasteiger partial charge on any atom is -0.303 e. The molecule has 0 spiro atoms. The van der Waals surface area contributed by atoms with Crippen LogP contribution in [0.2, 0.25) is 0 Å². The van der Waals surface area contributed by atoms with E-state index in [1.54, 1.807) is 6.20 Å². The summed E-state index contributed by atoms with van der Waals surface area (Å²) in [7, 11) is 0. The Hall–Kier alpha value is -1.16. The molecule has 0 amide bonds. The Bertz CT molecular complexity index is 297. The van der Waals surface area contributed by atoms with Crippen molar-refractivity contribution < 1.29 is 4.79 Å². The molecule has 1 aliphatic heterocycles. The van der Waals surface area contributed by atoms with Crippen LogP contribution in [0, 0.1) is 5.92 Å². The molecule has 0 saturated carbocycles. The van der Waals surface area contributed by atoms with Crippen LogP contribution in [0.4, 0.5) is 0 Å². The lowest BCUT2D eigenvalue weighted by atomic mass is 10.00. The van der Waals surface area contributed by atoms with Gasteiger partial charge in [-0.25, -0.2) is 0 Å². The van der Waals surface area contributed by atoms with E-state index >= 15 is 0 Å². The van der Waals surface area contributed by atoms with Crippen molar-refractivity contribution >= 4 is 6.29 Å². The molecule has 2 rings (SSSR count). The minimum absolute atomic E-state index is 0.247. The largest absolute Gasteiger partial charge is 0.303 e. The van der Waals surface area contributed by atoms with Gasteiger partial charge in [0.25, 0.3) is 0 Å². The maximum Gasteiger partial charge on any atom is 0.124 e. The average Bonchev–Trinajstić information content (AvgIpc) is 2.79. The van der Waals surface area contributed by atoms with Gasteiger partial charge in [-0.3, -0.25) is 4.68 Å². The van der Waals surface area contributed by atoms with Gasteiger partial charge in [-0.1, -0.05) is 0 Å². The molecular formula is C11H17N3O. The lowest BCUT2D eigenvalue weighted by molar-refractivity contribution is -0.112. The van der Waals surface area contributed by atoms with Gasteiger partial charge in [-0.15, -0.1) is 0 Å². The average molecular weight is 207 g/mol. The van der Waals surface area contributed by atoms with E-state index in [2.05, 4.69) is 10.00 Å². The van der Waals surface area contributed by atoms with Crippen molar-refractivity contribution in [2.24, 2.45) is 5.92 Å². The van der Waals surface area contributed by atoms with Crippen molar-refractivity contribution in [2.75, 3.05) is 19.6 Å². The number of nitrogens with zero attached hydrogens (tertiary/aromatic N) is 3. The van der Waals surface area contributed by atoms with Crippen molar-refractivity contribution in [1.82, 2.24) is 14.7 Å². The third-order valence-electron chi connectivity index (χ3n) is 2.94. The molecule has 1 aliphatic rings. The van der Waals surface area contributed by atoms with E-state index in [0.717, 1.165) is 45.3 Å². The molecule has 1 saturated heterocycles. The number of rotatable bonds is 4. The van der Waals surface area contributed by atoms with Crippen molar-refractivity contribution in [2.45, 2.75) is 19.4 Å². The quantitative estimate of drug-likeness (QED) is 0.685. The van der Waals surface area contributed by atoms with Crippen LogP contribution in [-0.2, 0) is 11.3 Å². The molecule has 4 heteroatoms. The summed E-state index contributed by atoms with van der Waals surface area (Å²) < 4.78 is 1.94. The van der Waals surface area contributed by atoms with E-state index in [-0.39, 0.29) is 5.92 Å². The summed E-state index contributed by atoms with van der Waals surface area (Å²) in [4.78, 5) is 13.0. The Morgan fingerprint density at radius 2 is 2.40 bits per heavy atom. The molecule has 0 aliphatic carbocycles. The van der Waals surface area contributed by atoms with E-state index in [9.17, 15) is 4.79 Å². The van der Waals surface area contributed by atoms with Crippen molar-refractivity contribution in [1.29, 1.82) is 0 Å². The molecule has 0 radical (unpaired) electrons. The highest BCUT2D eigenvalue weighted by atomic mass is 16.1. The second-order valence-electron chi connectivity index (χ2n) is 4.11.